The van der Waals surface area contributed by atoms with E-state index in [0.29, 0.717) is 11.5 Å². The highest BCUT2D eigenvalue weighted by Crippen LogP contribution is 2.25. The van der Waals surface area contributed by atoms with Crippen molar-refractivity contribution in [2.75, 3.05) is 26.8 Å². The fraction of sp³-hybridized carbons (Fsp3) is 0.357. The largest absolute Gasteiger partial charge is 0.493 e. The Morgan fingerprint density at radius 1 is 1.14 bits per heavy atom. The maximum Gasteiger partial charge on any atom is 0.258 e. The van der Waals surface area contributed by atoms with Gasteiger partial charge in [0, 0.05) is 13.1 Å². The molecule has 0 atom stereocenters. The minimum absolute atomic E-state index is 0.146. The third kappa shape index (κ3) is 6.29. The van der Waals surface area contributed by atoms with Crippen molar-refractivity contribution in [3.63, 3.8) is 0 Å². The number of carbonyl (C=O) groups is 2. The minimum atomic E-state index is -0.364. The summed E-state index contributed by atoms with van der Waals surface area (Å²) >= 11 is 0. The van der Waals surface area contributed by atoms with E-state index in [0.717, 1.165) is 0 Å². The Kier molecular flexibility index (Phi) is 7.14. The molecular formula is C14H17N3O4. The van der Waals surface area contributed by atoms with Gasteiger partial charge in [-0.25, -0.2) is 0 Å². The molecular weight excluding hydrogens is 274 g/mol. The lowest BCUT2D eigenvalue weighted by Gasteiger charge is -2.10. The molecule has 0 aromatic heterocycles. The Morgan fingerprint density at radius 2 is 1.76 bits per heavy atom. The van der Waals surface area contributed by atoms with Crippen LogP contribution in [0.3, 0.4) is 0 Å². The third-order valence-electron chi connectivity index (χ3n) is 2.44. The number of nitrogens with zero attached hydrogens (tertiary/aromatic N) is 1. The van der Waals surface area contributed by atoms with Gasteiger partial charge in [0.05, 0.1) is 13.2 Å². The summed E-state index contributed by atoms with van der Waals surface area (Å²) in [7, 11) is 1.52. The molecule has 1 aromatic rings. The average molecular weight is 291 g/mol. The SMILES string of the molecule is COc1ccccc1OCC(=O)NCCNC(=O)CC#N. The molecule has 0 radical (unpaired) electrons. The zero-order chi connectivity index (χ0) is 15.5. The van der Waals surface area contributed by atoms with Crippen molar-refractivity contribution in [1.82, 2.24) is 10.6 Å². The van der Waals surface area contributed by atoms with Crippen LogP contribution < -0.4 is 20.1 Å². The molecule has 1 rings (SSSR count). The predicted molar refractivity (Wildman–Crippen MR) is 74.7 cm³/mol. The first kappa shape index (κ1) is 16.3. The van der Waals surface area contributed by atoms with E-state index in [9.17, 15) is 9.59 Å². The normalized spacial score (nSPS) is 9.33. The smallest absolute Gasteiger partial charge is 0.258 e. The number of nitriles is 1. The second-order valence-corrected chi connectivity index (χ2v) is 3.97. The minimum Gasteiger partial charge on any atom is -0.493 e. The van der Waals surface area contributed by atoms with E-state index in [-0.39, 0.29) is 37.9 Å². The van der Waals surface area contributed by atoms with Crippen LogP contribution in [0.5, 0.6) is 11.5 Å². The van der Waals surface area contributed by atoms with Crippen molar-refractivity contribution < 1.29 is 19.1 Å². The van der Waals surface area contributed by atoms with Gasteiger partial charge in [0.15, 0.2) is 18.1 Å². The number of benzene rings is 1. The summed E-state index contributed by atoms with van der Waals surface area (Å²) in [4.78, 5) is 22.5. The zero-order valence-corrected chi connectivity index (χ0v) is 11.7. The van der Waals surface area contributed by atoms with Gasteiger partial charge in [0.1, 0.15) is 6.42 Å². The second kappa shape index (κ2) is 9.20. The van der Waals surface area contributed by atoms with E-state index in [1.165, 1.54) is 7.11 Å². The summed E-state index contributed by atoms with van der Waals surface area (Å²) in [6, 6.07) is 8.75. The van der Waals surface area contributed by atoms with E-state index in [1.807, 2.05) is 0 Å². The molecule has 0 spiro atoms. The Hall–Kier alpha value is -2.75. The van der Waals surface area contributed by atoms with E-state index in [4.69, 9.17) is 14.7 Å². The standard InChI is InChI=1S/C14H17N3O4/c1-20-11-4-2-3-5-12(11)21-10-14(19)17-9-8-16-13(18)6-7-15/h2-5H,6,8-10H2,1H3,(H,16,18)(H,17,19). The molecule has 21 heavy (non-hydrogen) atoms. The number of nitrogens with one attached hydrogen (secondary N) is 2. The molecule has 7 nitrogen and oxygen atoms in total. The van der Waals surface area contributed by atoms with Crippen molar-refractivity contribution in [1.29, 1.82) is 5.26 Å². The van der Waals surface area contributed by atoms with Crippen LogP contribution in [-0.4, -0.2) is 38.6 Å². The second-order valence-electron chi connectivity index (χ2n) is 3.97. The highest BCUT2D eigenvalue weighted by atomic mass is 16.5. The van der Waals surface area contributed by atoms with Crippen LogP contribution in [0.25, 0.3) is 0 Å². The Morgan fingerprint density at radius 3 is 2.38 bits per heavy atom. The summed E-state index contributed by atoms with van der Waals surface area (Å²) in [5, 5.41) is 13.4. The summed E-state index contributed by atoms with van der Waals surface area (Å²) < 4.78 is 10.4. The molecule has 2 amide bonds. The summed E-state index contributed by atoms with van der Waals surface area (Å²) in [6.07, 6.45) is -0.190. The quantitative estimate of drug-likeness (QED) is 0.667. The van der Waals surface area contributed by atoms with Crippen molar-refractivity contribution in [2.45, 2.75) is 6.42 Å². The predicted octanol–water partition coefficient (Wildman–Crippen LogP) is 0.220. The molecule has 0 bridgehead atoms. The van der Waals surface area contributed by atoms with Crippen LogP contribution >= 0.6 is 0 Å². The van der Waals surface area contributed by atoms with Gasteiger partial charge in [-0.15, -0.1) is 0 Å². The van der Waals surface area contributed by atoms with Crippen molar-refractivity contribution in [3.8, 4) is 17.6 Å². The Balaban J connectivity index is 2.23. The lowest BCUT2D eigenvalue weighted by Crippen LogP contribution is -2.36. The lowest BCUT2D eigenvalue weighted by molar-refractivity contribution is -0.123. The first-order valence-electron chi connectivity index (χ1n) is 6.33. The first-order valence-corrected chi connectivity index (χ1v) is 6.33. The van der Waals surface area contributed by atoms with Crippen LogP contribution in [0.15, 0.2) is 24.3 Å². The topological polar surface area (TPSA) is 100 Å². The van der Waals surface area contributed by atoms with Crippen molar-refractivity contribution in [2.24, 2.45) is 0 Å². The highest BCUT2D eigenvalue weighted by Gasteiger charge is 2.06. The molecule has 0 fully saturated rings. The molecule has 112 valence electrons. The molecule has 0 aliphatic rings. The maximum absolute atomic E-state index is 11.5. The summed E-state index contributed by atoms with van der Waals surface area (Å²) in [5.41, 5.74) is 0. The number of carbonyl (C=O) groups excluding carboxylic acids is 2. The molecule has 0 saturated carbocycles. The van der Waals surface area contributed by atoms with Gasteiger partial charge in [-0.2, -0.15) is 5.26 Å². The number of hydrogen-bond donors (Lipinski definition) is 2. The van der Waals surface area contributed by atoms with E-state index in [1.54, 1.807) is 30.3 Å². The first-order chi connectivity index (χ1) is 10.2. The molecule has 0 aliphatic carbocycles. The highest BCUT2D eigenvalue weighted by molar-refractivity contribution is 5.79. The molecule has 1 aromatic carbocycles. The lowest BCUT2D eigenvalue weighted by atomic mass is 10.3. The van der Waals surface area contributed by atoms with Crippen LogP contribution in [0.4, 0.5) is 0 Å². The van der Waals surface area contributed by atoms with Crippen molar-refractivity contribution >= 4 is 11.8 Å². The van der Waals surface area contributed by atoms with Gasteiger partial charge >= 0.3 is 0 Å². The number of ether oxygens (including phenoxy) is 2. The van der Waals surface area contributed by atoms with Gasteiger partial charge in [-0.3, -0.25) is 9.59 Å². The molecule has 2 N–H and O–H groups in total. The Bertz CT molecular complexity index is 525. The number of hydrogen-bond acceptors (Lipinski definition) is 5. The van der Waals surface area contributed by atoms with Crippen LogP contribution in [0.1, 0.15) is 6.42 Å². The molecule has 0 saturated heterocycles. The van der Waals surface area contributed by atoms with Gasteiger partial charge in [-0.1, -0.05) is 12.1 Å². The van der Waals surface area contributed by atoms with Crippen molar-refractivity contribution in [3.05, 3.63) is 24.3 Å². The third-order valence-corrected chi connectivity index (χ3v) is 2.44. The molecule has 0 aliphatic heterocycles. The fourth-order valence-corrected chi connectivity index (χ4v) is 1.47. The van der Waals surface area contributed by atoms with Gasteiger partial charge in [0.25, 0.3) is 5.91 Å². The summed E-state index contributed by atoms with van der Waals surface area (Å²) in [5.74, 6) is 0.360. The molecule has 0 heterocycles. The number of rotatable bonds is 8. The zero-order valence-electron chi connectivity index (χ0n) is 11.7. The summed E-state index contributed by atoms with van der Waals surface area (Å²) in [6.45, 7) is 0.388. The van der Waals surface area contributed by atoms with Gasteiger partial charge in [-0.05, 0) is 12.1 Å². The van der Waals surface area contributed by atoms with Gasteiger partial charge in [0.2, 0.25) is 5.91 Å². The molecule has 0 unspecified atom stereocenters. The number of amides is 2. The van der Waals surface area contributed by atoms with Crippen LogP contribution in [0.2, 0.25) is 0 Å². The molecule has 7 heteroatoms. The average Bonchev–Trinajstić information content (AvgIpc) is 2.50. The monoisotopic (exact) mass is 291 g/mol. The van der Waals surface area contributed by atoms with E-state index >= 15 is 0 Å². The van der Waals surface area contributed by atoms with Crippen LogP contribution in [0, 0.1) is 11.3 Å². The van der Waals surface area contributed by atoms with Crippen LogP contribution in [-0.2, 0) is 9.59 Å². The number of methoxy groups -OCH3 is 1. The van der Waals surface area contributed by atoms with E-state index < -0.39 is 0 Å². The van der Waals surface area contributed by atoms with Gasteiger partial charge < -0.3 is 20.1 Å². The maximum atomic E-state index is 11.5. The van der Waals surface area contributed by atoms with E-state index in [2.05, 4.69) is 10.6 Å². The number of para-hydroxylation sites is 2. The Labute approximate surface area is 122 Å². The fourth-order valence-electron chi connectivity index (χ4n) is 1.47.